The lowest BCUT2D eigenvalue weighted by atomic mass is 10.0. The van der Waals surface area contributed by atoms with Gasteiger partial charge in [-0.3, -0.25) is 0 Å². The van der Waals surface area contributed by atoms with Gasteiger partial charge in [-0.25, -0.2) is 4.98 Å². The fourth-order valence-electron chi connectivity index (χ4n) is 2.07. The van der Waals surface area contributed by atoms with Crippen LogP contribution in [0.3, 0.4) is 0 Å². The number of hydrogen-bond acceptors (Lipinski definition) is 3. The Kier molecular flexibility index (Phi) is 4.45. The van der Waals surface area contributed by atoms with E-state index in [2.05, 4.69) is 18.8 Å². The average Bonchev–Trinajstić information content (AvgIpc) is 2.87. The summed E-state index contributed by atoms with van der Waals surface area (Å²) in [4.78, 5) is 4.22. The molecule has 0 radical (unpaired) electrons. The summed E-state index contributed by atoms with van der Waals surface area (Å²) in [5.74, 6) is 1.24. The summed E-state index contributed by atoms with van der Waals surface area (Å²) < 4.78 is 7.68. The molecule has 0 saturated carbocycles. The van der Waals surface area contributed by atoms with E-state index in [9.17, 15) is 0 Å². The number of benzene rings is 1. The molecule has 0 aliphatic heterocycles. The number of nitrogens with zero attached hydrogens (tertiary/aromatic N) is 2. The summed E-state index contributed by atoms with van der Waals surface area (Å²) in [6.45, 7) is 8.26. The Morgan fingerprint density at radius 2 is 1.75 bits per heavy atom. The third kappa shape index (κ3) is 3.20. The molecule has 1 unspecified atom stereocenters. The van der Waals surface area contributed by atoms with E-state index >= 15 is 0 Å². The van der Waals surface area contributed by atoms with Crippen molar-refractivity contribution in [2.24, 2.45) is 11.7 Å². The molecule has 2 rings (SSSR count). The molecule has 2 N–H and O–H groups in total. The van der Waals surface area contributed by atoms with Gasteiger partial charge in [0.1, 0.15) is 5.75 Å². The number of imidazole rings is 1. The zero-order valence-corrected chi connectivity index (χ0v) is 12.6. The molecule has 108 valence electrons. The molecule has 1 aromatic heterocycles. The number of hydrogen-bond donors (Lipinski definition) is 1. The maximum Gasteiger partial charge on any atom is 0.119 e. The number of nitrogens with two attached hydrogens (primary N) is 1. The molecule has 2 aromatic rings. The van der Waals surface area contributed by atoms with E-state index in [4.69, 9.17) is 10.5 Å². The largest absolute Gasteiger partial charge is 0.491 e. The van der Waals surface area contributed by atoms with Gasteiger partial charge in [0.2, 0.25) is 0 Å². The number of aromatic nitrogens is 2. The molecule has 0 fully saturated rings. The van der Waals surface area contributed by atoms with Gasteiger partial charge < -0.3 is 15.0 Å². The highest BCUT2D eigenvalue weighted by atomic mass is 16.5. The number of ether oxygens (including phenoxy) is 1. The van der Waals surface area contributed by atoms with Crippen LogP contribution in [0.4, 0.5) is 0 Å². The van der Waals surface area contributed by atoms with E-state index in [0.717, 1.165) is 17.1 Å². The zero-order valence-electron chi connectivity index (χ0n) is 12.6. The lowest BCUT2D eigenvalue weighted by Crippen LogP contribution is -2.19. The lowest BCUT2D eigenvalue weighted by Gasteiger charge is -2.18. The molecule has 0 aliphatic carbocycles. The minimum Gasteiger partial charge on any atom is -0.491 e. The Morgan fingerprint density at radius 1 is 1.10 bits per heavy atom. The Bertz CT molecular complexity index is 543. The highest BCUT2D eigenvalue weighted by Crippen LogP contribution is 2.23. The van der Waals surface area contributed by atoms with Crippen molar-refractivity contribution >= 4 is 0 Å². The van der Waals surface area contributed by atoms with Crippen LogP contribution < -0.4 is 10.5 Å². The summed E-state index contributed by atoms with van der Waals surface area (Å²) in [6, 6.07) is 7.97. The fourth-order valence-corrected chi connectivity index (χ4v) is 2.07. The second-order valence-corrected chi connectivity index (χ2v) is 5.62. The summed E-state index contributed by atoms with van der Waals surface area (Å²) in [7, 11) is 0. The van der Waals surface area contributed by atoms with Crippen LogP contribution in [0.25, 0.3) is 5.69 Å². The molecule has 1 aromatic carbocycles. The molecule has 1 atom stereocenters. The van der Waals surface area contributed by atoms with Crippen molar-refractivity contribution in [1.82, 2.24) is 9.55 Å². The normalized spacial score (nSPS) is 12.9. The van der Waals surface area contributed by atoms with Gasteiger partial charge in [0.15, 0.2) is 0 Å². The molecule has 4 nitrogen and oxygen atoms in total. The summed E-state index contributed by atoms with van der Waals surface area (Å²) in [5.41, 5.74) is 8.30. The van der Waals surface area contributed by atoms with Gasteiger partial charge in [-0.15, -0.1) is 0 Å². The maximum atomic E-state index is 6.23. The van der Waals surface area contributed by atoms with Gasteiger partial charge in [-0.05, 0) is 44.0 Å². The molecule has 0 amide bonds. The van der Waals surface area contributed by atoms with E-state index in [0.29, 0.717) is 5.92 Å². The fraction of sp³-hybridized carbons (Fsp3) is 0.438. The molecule has 0 saturated heterocycles. The van der Waals surface area contributed by atoms with Gasteiger partial charge in [-0.2, -0.15) is 0 Å². The third-order valence-electron chi connectivity index (χ3n) is 3.21. The van der Waals surface area contributed by atoms with Crippen molar-refractivity contribution < 1.29 is 4.74 Å². The first-order valence-corrected chi connectivity index (χ1v) is 7.04. The standard InChI is InChI=1S/C16H23N3O/c1-11(2)16(17)15-9-18-10-19(15)13-5-7-14(8-6-13)20-12(3)4/h5-12,16H,17H2,1-4H3. The van der Waals surface area contributed by atoms with Crippen LogP contribution in [0.15, 0.2) is 36.8 Å². The van der Waals surface area contributed by atoms with Crippen molar-refractivity contribution in [3.05, 3.63) is 42.5 Å². The van der Waals surface area contributed by atoms with E-state index in [1.807, 2.05) is 48.9 Å². The lowest BCUT2D eigenvalue weighted by molar-refractivity contribution is 0.242. The van der Waals surface area contributed by atoms with Gasteiger partial charge >= 0.3 is 0 Å². The molecule has 0 aliphatic rings. The van der Waals surface area contributed by atoms with Crippen LogP contribution in [-0.2, 0) is 0 Å². The van der Waals surface area contributed by atoms with Crippen LogP contribution in [0.2, 0.25) is 0 Å². The molecular weight excluding hydrogens is 250 g/mol. The topological polar surface area (TPSA) is 53.1 Å². The molecule has 20 heavy (non-hydrogen) atoms. The quantitative estimate of drug-likeness (QED) is 0.909. The van der Waals surface area contributed by atoms with Crippen LogP contribution in [-0.4, -0.2) is 15.7 Å². The minimum atomic E-state index is -0.0240. The molecule has 1 heterocycles. The SMILES string of the molecule is CC(C)Oc1ccc(-n2cncc2C(N)C(C)C)cc1. The summed E-state index contributed by atoms with van der Waals surface area (Å²) in [6.07, 6.45) is 3.82. The van der Waals surface area contributed by atoms with Gasteiger partial charge in [-0.1, -0.05) is 13.8 Å². The van der Waals surface area contributed by atoms with E-state index in [-0.39, 0.29) is 12.1 Å². The van der Waals surface area contributed by atoms with E-state index in [1.165, 1.54) is 0 Å². The van der Waals surface area contributed by atoms with E-state index < -0.39 is 0 Å². The van der Waals surface area contributed by atoms with Crippen molar-refractivity contribution in [2.75, 3.05) is 0 Å². The third-order valence-corrected chi connectivity index (χ3v) is 3.21. The van der Waals surface area contributed by atoms with Gasteiger partial charge in [0.05, 0.1) is 24.3 Å². The molecule has 4 heteroatoms. The van der Waals surface area contributed by atoms with Crippen LogP contribution >= 0.6 is 0 Å². The summed E-state index contributed by atoms with van der Waals surface area (Å²) in [5, 5.41) is 0. The maximum absolute atomic E-state index is 6.23. The second-order valence-electron chi connectivity index (χ2n) is 5.62. The predicted molar refractivity (Wildman–Crippen MR) is 81.1 cm³/mol. The monoisotopic (exact) mass is 273 g/mol. The molecule has 0 bridgehead atoms. The first-order valence-electron chi connectivity index (χ1n) is 7.04. The zero-order chi connectivity index (χ0) is 14.7. The predicted octanol–water partition coefficient (Wildman–Crippen LogP) is 3.32. The highest BCUT2D eigenvalue weighted by molar-refractivity contribution is 5.39. The van der Waals surface area contributed by atoms with Crippen LogP contribution in [0.1, 0.15) is 39.4 Å². The van der Waals surface area contributed by atoms with Crippen LogP contribution in [0, 0.1) is 5.92 Å². The van der Waals surface area contributed by atoms with Crippen molar-refractivity contribution in [1.29, 1.82) is 0 Å². The first kappa shape index (κ1) is 14.6. The minimum absolute atomic E-state index is 0.0240. The molecule has 0 spiro atoms. The Morgan fingerprint density at radius 3 is 2.30 bits per heavy atom. The second kappa shape index (κ2) is 6.09. The van der Waals surface area contributed by atoms with Crippen molar-refractivity contribution in [2.45, 2.75) is 39.8 Å². The van der Waals surface area contributed by atoms with Crippen molar-refractivity contribution in [3.8, 4) is 11.4 Å². The summed E-state index contributed by atoms with van der Waals surface area (Å²) >= 11 is 0. The van der Waals surface area contributed by atoms with Gasteiger partial charge in [0.25, 0.3) is 0 Å². The average molecular weight is 273 g/mol. The Hall–Kier alpha value is -1.81. The van der Waals surface area contributed by atoms with Crippen molar-refractivity contribution in [3.63, 3.8) is 0 Å². The van der Waals surface area contributed by atoms with Gasteiger partial charge in [0, 0.05) is 11.7 Å². The number of rotatable bonds is 5. The highest BCUT2D eigenvalue weighted by Gasteiger charge is 2.15. The Labute approximate surface area is 120 Å². The smallest absolute Gasteiger partial charge is 0.119 e. The van der Waals surface area contributed by atoms with E-state index in [1.54, 1.807) is 6.33 Å². The van der Waals surface area contributed by atoms with Crippen LogP contribution in [0.5, 0.6) is 5.75 Å². The first-order chi connectivity index (χ1) is 9.49. The Balaban J connectivity index is 2.26. The molecular formula is C16H23N3O.